The van der Waals surface area contributed by atoms with Crippen molar-refractivity contribution in [1.29, 1.82) is 0 Å². The molecule has 1 unspecified atom stereocenters. The van der Waals surface area contributed by atoms with Crippen LogP contribution in [0.5, 0.6) is 0 Å². The van der Waals surface area contributed by atoms with Crippen molar-refractivity contribution < 1.29 is 14.4 Å². The van der Waals surface area contributed by atoms with Crippen LogP contribution in [0.25, 0.3) is 0 Å². The van der Waals surface area contributed by atoms with Crippen LogP contribution in [0.2, 0.25) is 0 Å². The van der Waals surface area contributed by atoms with Crippen molar-refractivity contribution in [3.8, 4) is 0 Å². The molecule has 2 amide bonds. The number of pyridine rings is 1. The lowest BCUT2D eigenvalue weighted by Gasteiger charge is -2.25. The third-order valence-corrected chi connectivity index (χ3v) is 5.23. The van der Waals surface area contributed by atoms with Gasteiger partial charge in [-0.1, -0.05) is 18.2 Å². The minimum Gasteiger partial charge on any atom is -0.308 e. The number of hydrogen-bond acceptors (Lipinski definition) is 5. The zero-order valence-electron chi connectivity index (χ0n) is 15.0. The molecular weight excluding hydrogens is 342 g/mol. The number of ketones is 1. The fourth-order valence-corrected chi connectivity index (χ4v) is 3.93. The molecule has 1 aliphatic carbocycles. The van der Waals surface area contributed by atoms with Gasteiger partial charge in [0.2, 0.25) is 0 Å². The number of nitrogens with zero attached hydrogens (tertiary/aromatic N) is 1. The first-order valence-corrected chi connectivity index (χ1v) is 9.30. The Hall–Kier alpha value is -2.86. The molecule has 0 radical (unpaired) electrons. The number of Topliss-reactive ketones (excluding diaryl/α,β-unsaturated/α-hetero) is 1. The Kier molecular flexibility index (Phi) is 4.81. The topological polar surface area (TPSA) is 88.2 Å². The average Bonchev–Trinajstić information content (AvgIpc) is 2.97. The predicted octanol–water partition coefficient (Wildman–Crippen LogP) is 2.13. The maximum Gasteiger partial charge on any atom is 0.259 e. The molecule has 2 aromatic rings. The average molecular weight is 363 g/mol. The second-order valence-corrected chi connectivity index (χ2v) is 7.04. The van der Waals surface area contributed by atoms with Crippen molar-refractivity contribution in [2.45, 2.75) is 38.1 Å². The van der Waals surface area contributed by atoms with Crippen LogP contribution in [0.4, 0.5) is 0 Å². The maximum atomic E-state index is 12.4. The first-order valence-electron chi connectivity index (χ1n) is 9.30. The SMILES string of the molecule is O=C(CCNC1CCCc2cccnc21)Cc1cccc2c1C(=O)NC2=O. The first kappa shape index (κ1) is 17.5. The summed E-state index contributed by atoms with van der Waals surface area (Å²) in [4.78, 5) is 40.6. The third kappa shape index (κ3) is 3.53. The van der Waals surface area contributed by atoms with Crippen molar-refractivity contribution in [1.82, 2.24) is 15.6 Å². The largest absolute Gasteiger partial charge is 0.308 e. The van der Waals surface area contributed by atoms with Gasteiger partial charge in [-0.25, -0.2) is 0 Å². The van der Waals surface area contributed by atoms with Crippen LogP contribution in [-0.4, -0.2) is 29.1 Å². The summed E-state index contributed by atoms with van der Waals surface area (Å²) < 4.78 is 0. The number of rotatable bonds is 6. The molecule has 27 heavy (non-hydrogen) atoms. The molecule has 1 aromatic carbocycles. The molecule has 0 spiro atoms. The van der Waals surface area contributed by atoms with Gasteiger partial charge in [-0.2, -0.15) is 0 Å². The Labute approximate surface area is 157 Å². The van der Waals surface area contributed by atoms with E-state index in [-0.39, 0.29) is 18.2 Å². The number of hydrogen-bond donors (Lipinski definition) is 2. The highest BCUT2D eigenvalue weighted by atomic mass is 16.2. The highest BCUT2D eigenvalue weighted by Crippen LogP contribution is 2.27. The first-order chi connectivity index (χ1) is 13.1. The summed E-state index contributed by atoms with van der Waals surface area (Å²) >= 11 is 0. The molecule has 6 nitrogen and oxygen atoms in total. The highest BCUT2D eigenvalue weighted by Gasteiger charge is 2.29. The Bertz CT molecular complexity index is 923. The molecule has 4 rings (SSSR count). The Morgan fingerprint density at radius 1 is 1.19 bits per heavy atom. The van der Waals surface area contributed by atoms with E-state index >= 15 is 0 Å². The van der Waals surface area contributed by atoms with Crippen molar-refractivity contribution in [3.63, 3.8) is 0 Å². The number of carbonyl (C=O) groups excluding carboxylic acids is 3. The van der Waals surface area contributed by atoms with E-state index in [9.17, 15) is 14.4 Å². The summed E-state index contributed by atoms with van der Waals surface area (Å²) in [6.45, 7) is 0.569. The zero-order valence-corrected chi connectivity index (χ0v) is 15.0. The molecule has 2 aliphatic rings. The molecular formula is C21H21N3O3. The van der Waals surface area contributed by atoms with Crippen molar-refractivity contribution in [3.05, 3.63) is 64.5 Å². The molecule has 2 N–H and O–H groups in total. The number of fused-ring (bicyclic) bond motifs is 2. The van der Waals surface area contributed by atoms with Gasteiger partial charge in [0.15, 0.2) is 0 Å². The van der Waals surface area contributed by atoms with Crippen molar-refractivity contribution >= 4 is 17.6 Å². The fourth-order valence-electron chi connectivity index (χ4n) is 3.93. The zero-order chi connectivity index (χ0) is 18.8. The van der Waals surface area contributed by atoms with Gasteiger partial charge in [0, 0.05) is 31.6 Å². The van der Waals surface area contributed by atoms with Gasteiger partial charge in [-0.3, -0.25) is 24.7 Å². The monoisotopic (exact) mass is 363 g/mol. The lowest BCUT2D eigenvalue weighted by atomic mass is 9.92. The van der Waals surface area contributed by atoms with Gasteiger partial charge < -0.3 is 5.32 Å². The normalized spacial score (nSPS) is 18.0. The van der Waals surface area contributed by atoms with Gasteiger partial charge in [-0.15, -0.1) is 0 Å². The van der Waals surface area contributed by atoms with Crippen molar-refractivity contribution in [2.24, 2.45) is 0 Å². The van der Waals surface area contributed by atoms with E-state index in [4.69, 9.17) is 0 Å². The van der Waals surface area contributed by atoms with E-state index in [2.05, 4.69) is 21.7 Å². The summed E-state index contributed by atoms with van der Waals surface area (Å²) in [6.07, 6.45) is 5.53. The molecule has 6 heteroatoms. The lowest BCUT2D eigenvalue weighted by molar-refractivity contribution is -0.118. The Morgan fingerprint density at radius 3 is 2.96 bits per heavy atom. The number of amides is 2. The molecule has 1 atom stereocenters. The van der Waals surface area contributed by atoms with E-state index in [0.717, 1.165) is 25.0 Å². The second kappa shape index (κ2) is 7.40. The molecule has 0 saturated heterocycles. The maximum absolute atomic E-state index is 12.4. The van der Waals surface area contributed by atoms with Crippen LogP contribution in [-0.2, 0) is 17.6 Å². The van der Waals surface area contributed by atoms with Crippen LogP contribution in [0.1, 0.15) is 62.8 Å². The van der Waals surface area contributed by atoms with E-state index in [1.54, 1.807) is 18.2 Å². The van der Waals surface area contributed by atoms with Crippen molar-refractivity contribution in [2.75, 3.05) is 6.54 Å². The number of imide groups is 1. The molecule has 0 saturated carbocycles. The number of nitrogens with one attached hydrogen (secondary N) is 2. The molecule has 0 bridgehead atoms. The summed E-state index contributed by atoms with van der Waals surface area (Å²) in [5.41, 5.74) is 3.68. The quantitative estimate of drug-likeness (QED) is 0.768. The third-order valence-electron chi connectivity index (χ3n) is 5.23. The molecule has 138 valence electrons. The Balaban J connectivity index is 1.36. The van der Waals surface area contributed by atoms with E-state index in [1.165, 1.54) is 5.56 Å². The smallest absolute Gasteiger partial charge is 0.259 e. The van der Waals surface area contributed by atoms with Crippen LogP contribution >= 0.6 is 0 Å². The minimum atomic E-state index is -0.415. The summed E-state index contributed by atoms with van der Waals surface area (Å²) in [6, 6.07) is 9.32. The number of aromatic nitrogens is 1. The van der Waals surface area contributed by atoms with E-state index in [0.29, 0.717) is 29.7 Å². The predicted molar refractivity (Wildman–Crippen MR) is 99.5 cm³/mol. The van der Waals surface area contributed by atoms with E-state index < -0.39 is 11.8 Å². The van der Waals surface area contributed by atoms with Gasteiger partial charge in [0.05, 0.1) is 16.8 Å². The number of benzene rings is 1. The summed E-state index contributed by atoms with van der Waals surface area (Å²) in [5.74, 6) is -0.768. The number of aryl methyl sites for hydroxylation is 1. The molecule has 2 heterocycles. The van der Waals surface area contributed by atoms with Gasteiger partial charge in [0.25, 0.3) is 11.8 Å². The van der Waals surface area contributed by atoms with Crippen LogP contribution in [0.3, 0.4) is 0 Å². The standard InChI is InChI=1S/C21H21N3O3/c25-15(12-14-5-1-7-16-18(14)21(27)24-20(16)26)9-11-22-17-8-2-4-13-6-3-10-23-19(13)17/h1,3,5-7,10,17,22H,2,4,8-9,11-12H2,(H,24,26,27). The molecule has 1 aliphatic heterocycles. The van der Waals surface area contributed by atoms with Crippen LogP contribution in [0, 0.1) is 0 Å². The van der Waals surface area contributed by atoms with Crippen LogP contribution in [0.15, 0.2) is 36.5 Å². The minimum absolute atomic E-state index is 0.0418. The number of carbonyl (C=O) groups is 3. The van der Waals surface area contributed by atoms with Gasteiger partial charge >= 0.3 is 0 Å². The molecule has 0 fully saturated rings. The lowest BCUT2D eigenvalue weighted by Crippen LogP contribution is -2.28. The fraction of sp³-hybridized carbons (Fsp3) is 0.333. The van der Waals surface area contributed by atoms with Crippen LogP contribution < -0.4 is 10.6 Å². The second-order valence-electron chi connectivity index (χ2n) is 7.04. The summed E-state index contributed by atoms with van der Waals surface area (Å²) in [7, 11) is 0. The highest BCUT2D eigenvalue weighted by molar-refractivity contribution is 6.22. The van der Waals surface area contributed by atoms with Gasteiger partial charge in [-0.05, 0) is 42.5 Å². The van der Waals surface area contributed by atoms with Gasteiger partial charge in [0.1, 0.15) is 5.78 Å². The van der Waals surface area contributed by atoms with E-state index in [1.807, 2.05) is 12.3 Å². The Morgan fingerprint density at radius 2 is 2.07 bits per heavy atom. The summed E-state index contributed by atoms with van der Waals surface area (Å²) in [5, 5.41) is 5.73. The molecule has 1 aromatic heterocycles.